The van der Waals surface area contributed by atoms with Gasteiger partial charge in [-0.3, -0.25) is 4.79 Å². The third-order valence-electron chi connectivity index (χ3n) is 7.12. The quantitative estimate of drug-likeness (QED) is 0.625. The summed E-state index contributed by atoms with van der Waals surface area (Å²) in [4.78, 5) is 20.7. The summed E-state index contributed by atoms with van der Waals surface area (Å²) in [6.07, 6.45) is 5.33. The van der Waals surface area contributed by atoms with Crippen molar-refractivity contribution in [3.05, 3.63) is 64.3 Å². The van der Waals surface area contributed by atoms with E-state index < -0.39 is 0 Å². The number of carbonyl (C=O) groups excluding carboxylic acids is 1. The van der Waals surface area contributed by atoms with Crippen molar-refractivity contribution < 1.29 is 9.90 Å². The first-order valence-corrected chi connectivity index (χ1v) is 11.4. The molecule has 5 heteroatoms. The Balaban J connectivity index is 1.12. The number of benzene rings is 2. The van der Waals surface area contributed by atoms with Crippen LogP contribution >= 0.6 is 0 Å². The van der Waals surface area contributed by atoms with Crippen LogP contribution in [0.25, 0.3) is 10.9 Å². The summed E-state index contributed by atoms with van der Waals surface area (Å²) in [5, 5.41) is 10.9. The number of nitrogens with one attached hydrogen (secondary N) is 1. The molecular weight excluding hydrogens is 386 g/mol. The molecule has 2 aliphatic rings. The number of hydrogen-bond donors (Lipinski definition) is 2. The Labute approximate surface area is 183 Å². The van der Waals surface area contributed by atoms with Gasteiger partial charge in [-0.15, -0.1) is 0 Å². The fraction of sp³-hybridized carbons (Fsp3) is 0.423. The lowest BCUT2D eigenvalue weighted by Gasteiger charge is -2.21. The zero-order valence-corrected chi connectivity index (χ0v) is 18.4. The molecular formula is C26H31N3O2. The maximum absolute atomic E-state index is 12.9. The molecule has 1 atom stereocenters. The monoisotopic (exact) mass is 417 g/mol. The topological polar surface area (TPSA) is 59.6 Å². The van der Waals surface area contributed by atoms with Gasteiger partial charge in [0.15, 0.2) is 0 Å². The van der Waals surface area contributed by atoms with Crippen molar-refractivity contribution in [2.24, 2.45) is 5.92 Å². The first-order chi connectivity index (χ1) is 15.0. The van der Waals surface area contributed by atoms with Gasteiger partial charge in [0.25, 0.3) is 5.91 Å². The van der Waals surface area contributed by atoms with Crippen LogP contribution in [0, 0.1) is 19.8 Å². The summed E-state index contributed by atoms with van der Waals surface area (Å²) in [6, 6.07) is 9.76. The molecule has 5 rings (SSSR count). The van der Waals surface area contributed by atoms with E-state index in [9.17, 15) is 9.90 Å². The maximum atomic E-state index is 12.9. The lowest BCUT2D eigenvalue weighted by Crippen LogP contribution is -2.31. The van der Waals surface area contributed by atoms with Crippen molar-refractivity contribution in [3.63, 3.8) is 0 Å². The van der Waals surface area contributed by atoms with Crippen LogP contribution in [0.4, 0.5) is 0 Å². The second-order valence-corrected chi connectivity index (χ2v) is 9.38. The minimum absolute atomic E-state index is 0.208. The van der Waals surface area contributed by atoms with E-state index in [1.807, 2.05) is 12.1 Å². The largest absolute Gasteiger partial charge is 0.508 e. The van der Waals surface area contributed by atoms with Crippen LogP contribution in [0.3, 0.4) is 0 Å². The third-order valence-corrected chi connectivity index (χ3v) is 7.12. The number of aromatic hydroxyl groups is 1. The lowest BCUT2D eigenvalue weighted by atomic mass is 10.0. The molecule has 0 spiro atoms. The highest BCUT2D eigenvalue weighted by Crippen LogP contribution is 2.29. The summed E-state index contributed by atoms with van der Waals surface area (Å²) in [5.41, 5.74) is 6.91. The smallest absolute Gasteiger partial charge is 0.254 e. The molecule has 0 radical (unpaired) electrons. The van der Waals surface area contributed by atoms with Crippen LogP contribution in [-0.2, 0) is 13.0 Å². The highest BCUT2D eigenvalue weighted by molar-refractivity contribution is 5.98. The maximum Gasteiger partial charge on any atom is 0.254 e. The summed E-state index contributed by atoms with van der Waals surface area (Å²) in [7, 11) is 0. The van der Waals surface area contributed by atoms with E-state index in [1.54, 1.807) is 6.07 Å². The zero-order chi connectivity index (χ0) is 21.5. The Morgan fingerprint density at radius 3 is 2.87 bits per heavy atom. The van der Waals surface area contributed by atoms with Crippen LogP contribution in [0.2, 0.25) is 0 Å². The lowest BCUT2D eigenvalue weighted by molar-refractivity contribution is 0.0753. The summed E-state index contributed by atoms with van der Waals surface area (Å²) >= 11 is 0. The molecule has 162 valence electrons. The van der Waals surface area contributed by atoms with Gasteiger partial charge in [-0.2, -0.15) is 0 Å². The van der Waals surface area contributed by atoms with Gasteiger partial charge in [-0.25, -0.2) is 0 Å². The predicted molar refractivity (Wildman–Crippen MR) is 123 cm³/mol. The molecule has 2 aliphatic heterocycles. The van der Waals surface area contributed by atoms with E-state index in [2.05, 4.69) is 47.0 Å². The fourth-order valence-electron chi connectivity index (χ4n) is 5.24. The summed E-state index contributed by atoms with van der Waals surface area (Å²) in [5.74, 6) is 1.09. The van der Waals surface area contributed by atoms with Crippen molar-refractivity contribution >= 4 is 16.8 Å². The van der Waals surface area contributed by atoms with E-state index in [0.717, 1.165) is 62.0 Å². The van der Waals surface area contributed by atoms with Crippen molar-refractivity contribution in [2.45, 2.75) is 39.7 Å². The molecule has 2 N–H and O–H groups in total. The van der Waals surface area contributed by atoms with E-state index >= 15 is 0 Å². The van der Waals surface area contributed by atoms with Crippen LogP contribution < -0.4 is 0 Å². The molecule has 3 aromatic rings. The Hall–Kier alpha value is -2.79. The van der Waals surface area contributed by atoms with E-state index in [4.69, 9.17) is 0 Å². The Bertz CT molecular complexity index is 1130. The number of H-pyrrole nitrogens is 1. The molecule has 3 heterocycles. The Morgan fingerprint density at radius 1 is 1.16 bits per heavy atom. The highest BCUT2D eigenvalue weighted by atomic mass is 16.3. The fourth-order valence-corrected chi connectivity index (χ4v) is 5.24. The second-order valence-electron chi connectivity index (χ2n) is 9.38. The number of aromatic amines is 1. The number of fused-ring (bicyclic) bond motifs is 2. The number of nitrogens with zero attached hydrogens (tertiary/aromatic N) is 2. The number of aromatic nitrogens is 1. The van der Waals surface area contributed by atoms with Crippen LogP contribution in [-0.4, -0.2) is 52.0 Å². The normalized spacial score (nSPS) is 19.0. The van der Waals surface area contributed by atoms with Crippen LogP contribution in [0.5, 0.6) is 5.75 Å². The molecule has 0 aliphatic carbocycles. The van der Waals surface area contributed by atoms with Crippen molar-refractivity contribution in [2.75, 3.05) is 26.2 Å². The molecule has 31 heavy (non-hydrogen) atoms. The van der Waals surface area contributed by atoms with Gasteiger partial charge in [-0.05, 0) is 98.6 Å². The zero-order valence-electron chi connectivity index (χ0n) is 18.4. The Morgan fingerprint density at radius 2 is 2.00 bits per heavy atom. The predicted octanol–water partition coefficient (Wildman–Crippen LogP) is 4.40. The molecule has 1 saturated heterocycles. The van der Waals surface area contributed by atoms with Crippen molar-refractivity contribution in [3.8, 4) is 5.75 Å². The first kappa shape index (κ1) is 20.1. The first-order valence-electron chi connectivity index (χ1n) is 11.4. The Kier molecular flexibility index (Phi) is 5.22. The molecule has 1 amide bonds. The minimum atomic E-state index is 0.208. The van der Waals surface area contributed by atoms with Crippen LogP contribution in [0.1, 0.15) is 45.5 Å². The molecule has 5 nitrogen and oxygen atoms in total. The number of phenolic OH excluding ortho intramolecular Hbond substituents is 1. The summed E-state index contributed by atoms with van der Waals surface area (Å²) < 4.78 is 0. The number of hydrogen-bond acceptors (Lipinski definition) is 3. The van der Waals surface area contributed by atoms with Gasteiger partial charge in [0.1, 0.15) is 5.75 Å². The number of phenols is 1. The van der Waals surface area contributed by atoms with Gasteiger partial charge < -0.3 is 19.9 Å². The van der Waals surface area contributed by atoms with E-state index in [0.29, 0.717) is 11.7 Å². The van der Waals surface area contributed by atoms with Gasteiger partial charge >= 0.3 is 0 Å². The number of likely N-dealkylation sites (tertiary alicyclic amines) is 1. The second kappa shape index (κ2) is 8.04. The standard InChI is InChI=1S/C26H31N3O2/c1-17-10-21-16-29(26(31)24(21)11-18(17)2)15-19-7-9-28(14-19)8-3-4-20-13-27-25-6-5-22(30)12-23(20)25/h5-6,10-13,19,27,30H,3-4,7-9,14-16H2,1-2H3. The SMILES string of the molecule is Cc1cc2c(cc1C)C(=O)N(CC1CCN(CCCc3c[nH]c4ccc(O)cc34)C1)C2. The van der Waals surface area contributed by atoms with Gasteiger partial charge in [-0.1, -0.05) is 6.07 Å². The number of rotatable bonds is 6. The average Bonchev–Trinajstić information content (AvgIpc) is 3.43. The molecule has 2 aromatic carbocycles. The number of amides is 1. The van der Waals surface area contributed by atoms with Gasteiger partial charge in [0, 0.05) is 42.3 Å². The summed E-state index contributed by atoms with van der Waals surface area (Å²) in [6.45, 7) is 9.10. The van der Waals surface area contributed by atoms with Crippen molar-refractivity contribution in [1.29, 1.82) is 0 Å². The number of carbonyl (C=O) groups is 1. The molecule has 1 aromatic heterocycles. The molecule has 1 fully saturated rings. The highest BCUT2D eigenvalue weighted by Gasteiger charge is 2.32. The minimum Gasteiger partial charge on any atom is -0.508 e. The average molecular weight is 418 g/mol. The van der Waals surface area contributed by atoms with Gasteiger partial charge in [0.2, 0.25) is 0 Å². The number of aryl methyl sites for hydroxylation is 3. The third kappa shape index (κ3) is 3.94. The molecule has 0 bridgehead atoms. The van der Waals surface area contributed by atoms with E-state index in [1.165, 1.54) is 28.7 Å². The molecule has 0 saturated carbocycles. The van der Waals surface area contributed by atoms with E-state index in [-0.39, 0.29) is 5.91 Å². The molecule has 1 unspecified atom stereocenters. The van der Waals surface area contributed by atoms with Gasteiger partial charge in [0.05, 0.1) is 0 Å². The van der Waals surface area contributed by atoms with Crippen LogP contribution in [0.15, 0.2) is 36.5 Å². The van der Waals surface area contributed by atoms with Crippen molar-refractivity contribution in [1.82, 2.24) is 14.8 Å².